The third-order valence-corrected chi connectivity index (χ3v) is 6.26. The summed E-state index contributed by atoms with van der Waals surface area (Å²) < 4.78 is 19.0. The first-order valence-corrected chi connectivity index (χ1v) is 11.9. The molecule has 7 heteroatoms. The molecule has 34 heavy (non-hydrogen) atoms. The van der Waals surface area contributed by atoms with Crippen LogP contribution in [0.4, 0.5) is 5.95 Å². The van der Waals surface area contributed by atoms with Crippen molar-refractivity contribution in [2.45, 2.75) is 52.0 Å². The van der Waals surface area contributed by atoms with E-state index in [1.54, 1.807) is 14.2 Å². The van der Waals surface area contributed by atoms with Crippen LogP contribution in [-0.2, 0) is 9.53 Å². The van der Waals surface area contributed by atoms with Gasteiger partial charge >= 0.3 is 5.97 Å². The summed E-state index contributed by atoms with van der Waals surface area (Å²) in [7, 11) is 3.26. The molecule has 3 aromatic rings. The zero-order chi connectivity index (χ0) is 24.1. The fraction of sp³-hybridized carbons (Fsp3) is 0.407. The van der Waals surface area contributed by atoms with Crippen LogP contribution in [0, 0.1) is 0 Å². The molecule has 7 nitrogen and oxygen atoms in total. The summed E-state index contributed by atoms with van der Waals surface area (Å²) in [5, 5.41) is 3.32. The highest BCUT2D eigenvalue weighted by molar-refractivity contribution is 5.94. The lowest BCUT2D eigenvalue weighted by molar-refractivity contribution is -0.139. The first-order chi connectivity index (χ1) is 16.6. The number of rotatable bonds is 10. The lowest BCUT2D eigenvalue weighted by Crippen LogP contribution is -2.29. The largest absolute Gasteiger partial charge is 0.497 e. The summed E-state index contributed by atoms with van der Waals surface area (Å²) in [5.41, 5.74) is 3.82. The van der Waals surface area contributed by atoms with Gasteiger partial charge in [0.1, 0.15) is 11.5 Å². The van der Waals surface area contributed by atoms with Crippen molar-refractivity contribution in [2.75, 3.05) is 26.1 Å². The van der Waals surface area contributed by atoms with Gasteiger partial charge < -0.3 is 19.5 Å². The Morgan fingerprint density at radius 1 is 1.06 bits per heavy atom. The van der Waals surface area contributed by atoms with Crippen molar-refractivity contribution in [3.05, 3.63) is 59.3 Å². The number of hydrogen-bond acceptors (Lipinski definition) is 6. The Balaban J connectivity index is 1.76. The van der Waals surface area contributed by atoms with Crippen LogP contribution in [0.2, 0.25) is 0 Å². The molecule has 0 unspecified atom stereocenters. The standard InChI is InChI=1S/C27H33N3O4/c1-5-6-7-8-11-16-34-26(31)24-18(2)28-27-29-21-12-9-10-13-22(21)30(27)25(24)20-17-19(32-3)14-15-23(20)33-4/h9-10,12-15,17,25H,5-8,11,16H2,1-4H3,(H,28,29)/t25-/m0/s1. The minimum atomic E-state index is -0.485. The van der Waals surface area contributed by atoms with Crippen molar-refractivity contribution in [1.82, 2.24) is 9.55 Å². The molecular formula is C27H33N3O4. The normalized spacial score (nSPS) is 15.1. The minimum absolute atomic E-state index is 0.334. The molecule has 0 amide bonds. The van der Waals surface area contributed by atoms with Crippen molar-refractivity contribution in [3.63, 3.8) is 0 Å². The number of para-hydroxylation sites is 2. The number of carbonyl (C=O) groups is 1. The van der Waals surface area contributed by atoms with Gasteiger partial charge in [-0.2, -0.15) is 0 Å². The van der Waals surface area contributed by atoms with Crippen LogP contribution in [0.1, 0.15) is 57.6 Å². The van der Waals surface area contributed by atoms with E-state index in [0.717, 1.165) is 35.9 Å². The first kappa shape index (κ1) is 23.7. The topological polar surface area (TPSA) is 74.6 Å². The summed E-state index contributed by atoms with van der Waals surface area (Å²) in [4.78, 5) is 18.2. The fourth-order valence-corrected chi connectivity index (χ4v) is 4.52. The number of esters is 1. The van der Waals surface area contributed by atoms with E-state index in [9.17, 15) is 4.79 Å². The number of carbonyl (C=O) groups excluding carboxylic acids is 1. The number of methoxy groups -OCH3 is 2. The van der Waals surface area contributed by atoms with Crippen LogP contribution in [0.25, 0.3) is 11.0 Å². The lowest BCUT2D eigenvalue weighted by Gasteiger charge is -2.31. The van der Waals surface area contributed by atoms with E-state index in [1.165, 1.54) is 12.8 Å². The molecule has 0 aliphatic carbocycles. The van der Waals surface area contributed by atoms with Gasteiger partial charge in [0.2, 0.25) is 5.95 Å². The molecule has 180 valence electrons. The Hall–Kier alpha value is -3.48. The molecule has 1 aliphatic rings. The van der Waals surface area contributed by atoms with Crippen molar-refractivity contribution in [2.24, 2.45) is 0 Å². The van der Waals surface area contributed by atoms with Crippen LogP contribution < -0.4 is 14.8 Å². The molecule has 2 aromatic carbocycles. The number of allylic oxidation sites excluding steroid dienone is 1. The summed E-state index contributed by atoms with van der Waals surface area (Å²) in [5.74, 6) is 1.68. The molecule has 0 bridgehead atoms. The van der Waals surface area contributed by atoms with Crippen LogP contribution >= 0.6 is 0 Å². The van der Waals surface area contributed by atoms with Gasteiger partial charge in [0.15, 0.2) is 0 Å². The van der Waals surface area contributed by atoms with Crippen LogP contribution in [0.3, 0.4) is 0 Å². The van der Waals surface area contributed by atoms with Crippen molar-refractivity contribution in [3.8, 4) is 11.5 Å². The van der Waals surface area contributed by atoms with E-state index < -0.39 is 6.04 Å². The van der Waals surface area contributed by atoms with Crippen molar-refractivity contribution < 1.29 is 19.0 Å². The molecule has 1 aromatic heterocycles. The van der Waals surface area contributed by atoms with Gasteiger partial charge in [-0.15, -0.1) is 0 Å². The van der Waals surface area contributed by atoms with Gasteiger partial charge in [0.25, 0.3) is 0 Å². The van der Waals surface area contributed by atoms with E-state index in [1.807, 2.05) is 54.0 Å². The van der Waals surface area contributed by atoms with Crippen LogP contribution in [0.5, 0.6) is 11.5 Å². The number of ether oxygens (including phenoxy) is 3. The number of hydrogen-bond donors (Lipinski definition) is 1. The predicted molar refractivity (Wildman–Crippen MR) is 133 cm³/mol. The number of anilines is 1. The fourth-order valence-electron chi connectivity index (χ4n) is 4.52. The second-order valence-corrected chi connectivity index (χ2v) is 8.52. The third kappa shape index (κ3) is 4.60. The Bertz CT molecular complexity index is 1200. The molecular weight excluding hydrogens is 430 g/mol. The molecule has 0 saturated heterocycles. The Morgan fingerprint density at radius 2 is 1.85 bits per heavy atom. The molecule has 0 fully saturated rings. The Morgan fingerprint density at radius 3 is 2.62 bits per heavy atom. The zero-order valence-electron chi connectivity index (χ0n) is 20.4. The highest BCUT2D eigenvalue weighted by atomic mass is 16.5. The maximum Gasteiger partial charge on any atom is 0.338 e. The summed E-state index contributed by atoms with van der Waals surface area (Å²) >= 11 is 0. The monoisotopic (exact) mass is 463 g/mol. The molecule has 1 aliphatic heterocycles. The Kier molecular flexibility index (Phi) is 7.40. The maximum atomic E-state index is 13.5. The van der Waals surface area contributed by atoms with Crippen molar-refractivity contribution >= 4 is 23.0 Å². The van der Waals surface area contributed by atoms with Crippen molar-refractivity contribution in [1.29, 1.82) is 0 Å². The molecule has 0 radical (unpaired) electrons. The number of unbranched alkanes of at least 4 members (excludes halogenated alkanes) is 4. The number of nitrogens with zero attached hydrogens (tertiary/aromatic N) is 2. The number of fused-ring (bicyclic) bond motifs is 3. The van der Waals surface area contributed by atoms with E-state index >= 15 is 0 Å². The van der Waals surface area contributed by atoms with E-state index in [0.29, 0.717) is 35.3 Å². The van der Waals surface area contributed by atoms with Gasteiger partial charge in [-0.25, -0.2) is 9.78 Å². The van der Waals surface area contributed by atoms with Gasteiger partial charge in [0.05, 0.1) is 43.5 Å². The molecule has 0 saturated carbocycles. The number of benzene rings is 2. The molecule has 1 N–H and O–H groups in total. The minimum Gasteiger partial charge on any atom is -0.497 e. The van der Waals surface area contributed by atoms with Gasteiger partial charge in [-0.05, 0) is 43.7 Å². The van der Waals surface area contributed by atoms with E-state index in [2.05, 4.69) is 12.2 Å². The summed E-state index contributed by atoms with van der Waals surface area (Å²) in [6.07, 6.45) is 5.46. The molecule has 2 heterocycles. The van der Waals surface area contributed by atoms with Crippen LogP contribution in [0.15, 0.2) is 53.7 Å². The number of nitrogens with one attached hydrogen (secondary N) is 1. The predicted octanol–water partition coefficient (Wildman–Crippen LogP) is 5.86. The Labute approximate surface area is 200 Å². The average Bonchev–Trinajstić information content (AvgIpc) is 3.22. The zero-order valence-corrected chi connectivity index (χ0v) is 20.4. The lowest BCUT2D eigenvalue weighted by atomic mass is 9.94. The second-order valence-electron chi connectivity index (χ2n) is 8.52. The number of imidazole rings is 1. The highest BCUT2D eigenvalue weighted by Gasteiger charge is 2.36. The van der Waals surface area contributed by atoms with Gasteiger partial charge in [0, 0.05) is 11.3 Å². The first-order valence-electron chi connectivity index (χ1n) is 11.9. The van der Waals surface area contributed by atoms with E-state index in [-0.39, 0.29) is 5.97 Å². The summed E-state index contributed by atoms with van der Waals surface area (Å²) in [6, 6.07) is 13.0. The maximum absolute atomic E-state index is 13.5. The molecule has 1 atom stereocenters. The molecule has 4 rings (SSSR count). The second kappa shape index (κ2) is 10.6. The average molecular weight is 464 g/mol. The highest BCUT2D eigenvalue weighted by Crippen LogP contribution is 2.43. The summed E-state index contributed by atoms with van der Waals surface area (Å²) in [6.45, 7) is 4.48. The quantitative estimate of drug-likeness (QED) is 0.300. The van der Waals surface area contributed by atoms with Crippen LogP contribution in [-0.4, -0.2) is 36.3 Å². The SMILES string of the molecule is CCCCCCCOC(=O)C1=C(C)Nc2nc3ccccc3n2[C@H]1c1cc(OC)ccc1OC. The number of aromatic nitrogens is 2. The van der Waals surface area contributed by atoms with E-state index in [4.69, 9.17) is 19.2 Å². The van der Waals surface area contributed by atoms with Gasteiger partial charge in [-0.3, -0.25) is 4.57 Å². The van der Waals surface area contributed by atoms with Gasteiger partial charge in [-0.1, -0.05) is 44.7 Å². The smallest absolute Gasteiger partial charge is 0.338 e. The third-order valence-electron chi connectivity index (χ3n) is 6.26. The molecule has 0 spiro atoms.